The molecule has 2 N–H and O–H groups in total. The standard InChI is InChI=1S/C15H19N3OS/c1-3-16-11(2)9-14(19)18-13-6-4-5-12(10-13)15-17-7-8-20-15/h4-8,10-11,16H,3,9H2,1-2H3,(H,18,19). The zero-order valence-corrected chi connectivity index (χ0v) is 12.5. The van der Waals surface area contributed by atoms with Crippen LogP contribution in [0.1, 0.15) is 20.3 Å². The first-order valence-electron chi connectivity index (χ1n) is 6.72. The number of rotatable bonds is 6. The highest BCUT2D eigenvalue weighted by Gasteiger charge is 2.09. The minimum Gasteiger partial charge on any atom is -0.326 e. The lowest BCUT2D eigenvalue weighted by Gasteiger charge is -2.12. The van der Waals surface area contributed by atoms with Crippen molar-refractivity contribution in [2.75, 3.05) is 11.9 Å². The van der Waals surface area contributed by atoms with Crippen molar-refractivity contribution in [3.05, 3.63) is 35.8 Å². The Labute approximate surface area is 123 Å². The lowest BCUT2D eigenvalue weighted by atomic mass is 10.2. The third kappa shape index (κ3) is 4.15. The summed E-state index contributed by atoms with van der Waals surface area (Å²) in [5.74, 6) is 0.0229. The molecule has 1 aromatic heterocycles. The van der Waals surface area contributed by atoms with Crippen molar-refractivity contribution >= 4 is 22.9 Å². The number of carbonyl (C=O) groups excluding carboxylic acids is 1. The molecule has 1 unspecified atom stereocenters. The Morgan fingerprint density at radius 2 is 2.30 bits per heavy atom. The third-order valence-electron chi connectivity index (χ3n) is 2.87. The van der Waals surface area contributed by atoms with Crippen LogP contribution in [0.2, 0.25) is 0 Å². The van der Waals surface area contributed by atoms with E-state index in [-0.39, 0.29) is 11.9 Å². The lowest BCUT2D eigenvalue weighted by molar-refractivity contribution is -0.116. The molecule has 1 aromatic carbocycles. The number of benzene rings is 1. The quantitative estimate of drug-likeness (QED) is 0.859. The Bertz CT molecular complexity index is 554. The predicted octanol–water partition coefficient (Wildman–Crippen LogP) is 3.14. The maximum Gasteiger partial charge on any atom is 0.225 e. The molecule has 0 saturated heterocycles. The Kier molecular flexibility index (Phi) is 5.26. The van der Waals surface area contributed by atoms with Crippen LogP contribution >= 0.6 is 11.3 Å². The normalized spacial score (nSPS) is 12.1. The maximum absolute atomic E-state index is 11.9. The van der Waals surface area contributed by atoms with E-state index in [1.165, 1.54) is 0 Å². The van der Waals surface area contributed by atoms with Crippen molar-refractivity contribution in [2.45, 2.75) is 26.3 Å². The summed E-state index contributed by atoms with van der Waals surface area (Å²) >= 11 is 1.59. The second-order valence-corrected chi connectivity index (χ2v) is 5.52. The fourth-order valence-corrected chi connectivity index (χ4v) is 2.64. The van der Waals surface area contributed by atoms with Gasteiger partial charge in [0.05, 0.1) is 0 Å². The van der Waals surface area contributed by atoms with E-state index in [9.17, 15) is 4.79 Å². The van der Waals surface area contributed by atoms with E-state index in [4.69, 9.17) is 0 Å². The minimum atomic E-state index is 0.0229. The average molecular weight is 289 g/mol. The van der Waals surface area contributed by atoms with Crippen LogP contribution in [0.4, 0.5) is 5.69 Å². The number of hydrogen-bond donors (Lipinski definition) is 2. The van der Waals surface area contributed by atoms with Gasteiger partial charge in [-0.15, -0.1) is 11.3 Å². The summed E-state index contributed by atoms with van der Waals surface area (Å²) in [4.78, 5) is 16.2. The zero-order valence-electron chi connectivity index (χ0n) is 11.7. The molecule has 1 amide bonds. The van der Waals surface area contributed by atoms with Crippen molar-refractivity contribution < 1.29 is 4.79 Å². The second-order valence-electron chi connectivity index (χ2n) is 4.63. The minimum absolute atomic E-state index is 0.0229. The van der Waals surface area contributed by atoms with E-state index in [0.29, 0.717) is 6.42 Å². The van der Waals surface area contributed by atoms with Gasteiger partial charge in [-0.2, -0.15) is 0 Å². The van der Waals surface area contributed by atoms with Crippen molar-refractivity contribution in [2.24, 2.45) is 0 Å². The van der Waals surface area contributed by atoms with E-state index < -0.39 is 0 Å². The fraction of sp³-hybridized carbons (Fsp3) is 0.333. The van der Waals surface area contributed by atoms with Gasteiger partial charge in [0.25, 0.3) is 0 Å². The number of nitrogens with one attached hydrogen (secondary N) is 2. The molecular formula is C15H19N3OS. The number of anilines is 1. The van der Waals surface area contributed by atoms with Crippen LogP contribution in [-0.2, 0) is 4.79 Å². The maximum atomic E-state index is 11.9. The topological polar surface area (TPSA) is 54.0 Å². The Hall–Kier alpha value is -1.72. The molecular weight excluding hydrogens is 270 g/mol. The molecule has 0 aliphatic heterocycles. The van der Waals surface area contributed by atoms with Gasteiger partial charge in [0, 0.05) is 35.3 Å². The van der Waals surface area contributed by atoms with Crippen LogP contribution in [0.25, 0.3) is 10.6 Å². The smallest absolute Gasteiger partial charge is 0.225 e. The molecule has 2 rings (SSSR count). The van der Waals surface area contributed by atoms with Gasteiger partial charge in [-0.05, 0) is 25.6 Å². The summed E-state index contributed by atoms with van der Waals surface area (Å²) in [6.07, 6.45) is 2.25. The van der Waals surface area contributed by atoms with Crippen LogP contribution in [0, 0.1) is 0 Å². The Balaban J connectivity index is 1.99. The first kappa shape index (κ1) is 14.7. The number of amides is 1. The molecule has 2 aromatic rings. The number of nitrogens with zero attached hydrogens (tertiary/aromatic N) is 1. The third-order valence-corrected chi connectivity index (χ3v) is 3.69. The molecule has 1 atom stereocenters. The monoisotopic (exact) mass is 289 g/mol. The van der Waals surface area contributed by atoms with Crippen molar-refractivity contribution in [1.29, 1.82) is 0 Å². The van der Waals surface area contributed by atoms with Crippen LogP contribution in [0.15, 0.2) is 35.8 Å². The first-order valence-corrected chi connectivity index (χ1v) is 7.60. The summed E-state index contributed by atoms with van der Waals surface area (Å²) < 4.78 is 0. The van der Waals surface area contributed by atoms with Crippen LogP contribution < -0.4 is 10.6 Å². The van der Waals surface area contributed by atoms with Crippen molar-refractivity contribution in [1.82, 2.24) is 10.3 Å². The molecule has 20 heavy (non-hydrogen) atoms. The molecule has 1 heterocycles. The molecule has 0 saturated carbocycles. The highest BCUT2D eigenvalue weighted by Crippen LogP contribution is 2.24. The first-order chi connectivity index (χ1) is 9.69. The number of thiazole rings is 1. The van der Waals surface area contributed by atoms with Gasteiger partial charge in [0.15, 0.2) is 0 Å². The van der Waals surface area contributed by atoms with Gasteiger partial charge >= 0.3 is 0 Å². The molecule has 0 aliphatic carbocycles. The Morgan fingerprint density at radius 1 is 1.45 bits per heavy atom. The summed E-state index contributed by atoms with van der Waals surface area (Å²) in [6, 6.07) is 7.96. The number of hydrogen-bond acceptors (Lipinski definition) is 4. The summed E-state index contributed by atoms with van der Waals surface area (Å²) in [7, 11) is 0. The van der Waals surface area contributed by atoms with Gasteiger partial charge in [0.1, 0.15) is 5.01 Å². The largest absolute Gasteiger partial charge is 0.326 e. The molecule has 4 nitrogen and oxygen atoms in total. The van der Waals surface area contributed by atoms with Crippen LogP contribution in [0.3, 0.4) is 0 Å². The van der Waals surface area contributed by atoms with Gasteiger partial charge in [-0.3, -0.25) is 4.79 Å². The molecule has 0 spiro atoms. The molecule has 5 heteroatoms. The summed E-state index contributed by atoms with van der Waals surface area (Å²) in [5, 5.41) is 9.06. The van der Waals surface area contributed by atoms with Gasteiger partial charge < -0.3 is 10.6 Å². The number of aromatic nitrogens is 1. The predicted molar refractivity (Wildman–Crippen MR) is 83.9 cm³/mol. The molecule has 106 valence electrons. The molecule has 0 aliphatic rings. The highest BCUT2D eigenvalue weighted by atomic mass is 32.1. The van der Waals surface area contributed by atoms with E-state index in [1.54, 1.807) is 17.5 Å². The molecule has 0 radical (unpaired) electrons. The molecule has 0 bridgehead atoms. The van der Waals surface area contributed by atoms with E-state index in [2.05, 4.69) is 15.6 Å². The van der Waals surface area contributed by atoms with E-state index >= 15 is 0 Å². The lowest BCUT2D eigenvalue weighted by Crippen LogP contribution is -2.30. The van der Waals surface area contributed by atoms with Crippen molar-refractivity contribution in [3.63, 3.8) is 0 Å². The van der Waals surface area contributed by atoms with Gasteiger partial charge in [-0.25, -0.2) is 4.98 Å². The van der Waals surface area contributed by atoms with Crippen LogP contribution in [0.5, 0.6) is 0 Å². The summed E-state index contributed by atoms with van der Waals surface area (Å²) in [6.45, 7) is 4.91. The van der Waals surface area contributed by atoms with Crippen LogP contribution in [-0.4, -0.2) is 23.5 Å². The summed E-state index contributed by atoms with van der Waals surface area (Å²) in [5.41, 5.74) is 1.84. The molecule has 0 fully saturated rings. The fourth-order valence-electron chi connectivity index (χ4n) is 2.01. The Morgan fingerprint density at radius 3 is 3.00 bits per heavy atom. The average Bonchev–Trinajstić information content (AvgIpc) is 2.92. The van der Waals surface area contributed by atoms with E-state index in [0.717, 1.165) is 22.8 Å². The van der Waals surface area contributed by atoms with Crippen molar-refractivity contribution in [3.8, 4) is 10.6 Å². The SMILES string of the molecule is CCNC(C)CC(=O)Nc1cccc(-c2nccs2)c1. The number of carbonyl (C=O) groups is 1. The second kappa shape index (κ2) is 7.17. The van der Waals surface area contributed by atoms with Gasteiger partial charge in [-0.1, -0.05) is 19.1 Å². The highest BCUT2D eigenvalue weighted by molar-refractivity contribution is 7.13. The zero-order chi connectivity index (χ0) is 14.4. The van der Waals surface area contributed by atoms with Gasteiger partial charge in [0.2, 0.25) is 5.91 Å². The van der Waals surface area contributed by atoms with E-state index in [1.807, 2.05) is 43.5 Å².